The number of rotatable bonds is 7. The van der Waals surface area contributed by atoms with E-state index in [1.165, 1.54) is 5.56 Å². The highest BCUT2D eigenvalue weighted by Crippen LogP contribution is 2.29. The molecule has 0 heterocycles. The number of nitrogens with one attached hydrogen (secondary N) is 1. The lowest BCUT2D eigenvalue weighted by Gasteiger charge is -2.25. The molecule has 1 atom stereocenters. The molecule has 2 rings (SSSR count). The molecule has 0 radical (unpaired) electrons. The van der Waals surface area contributed by atoms with Gasteiger partial charge in [0, 0.05) is 12.6 Å². The highest BCUT2D eigenvalue weighted by molar-refractivity contribution is 5.43. The van der Waals surface area contributed by atoms with E-state index in [1.807, 2.05) is 12.1 Å². The topological polar surface area (TPSA) is 50.7 Å². The maximum atomic E-state index is 10.4. The van der Waals surface area contributed by atoms with Crippen LogP contribution in [0.3, 0.4) is 0 Å². The molecule has 0 amide bonds. The summed E-state index contributed by atoms with van der Waals surface area (Å²) in [6, 6.07) is 6.32. The molecule has 0 saturated heterocycles. The fraction of sp³-hybridized carbons (Fsp3) is 0.647. The Balaban J connectivity index is 1.88. The van der Waals surface area contributed by atoms with E-state index in [1.54, 1.807) is 14.2 Å². The smallest absolute Gasteiger partial charge is 0.160 e. The number of aliphatic hydroxyl groups is 1. The zero-order valence-electron chi connectivity index (χ0n) is 13.3. The maximum Gasteiger partial charge on any atom is 0.160 e. The molecule has 1 aliphatic carbocycles. The van der Waals surface area contributed by atoms with Gasteiger partial charge in [-0.25, -0.2) is 0 Å². The summed E-state index contributed by atoms with van der Waals surface area (Å²) in [6.45, 7) is 2.83. The largest absolute Gasteiger partial charge is 0.493 e. The third-order valence-electron chi connectivity index (χ3n) is 4.30. The second-order valence-electron chi connectivity index (χ2n) is 6.11. The van der Waals surface area contributed by atoms with E-state index in [9.17, 15) is 5.11 Å². The Hall–Kier alpha value is -1.26. The Morgan fingerprint density at radius 2 is 1.86 bits per heavy atom. The predicted octanol–water partition coefficient (Wildman–Crippen LogP) is 2.53. The molecule has 1 aromatic rings. The summed E-state index contributed by atoms with van der Waals surface area (Å²) in [5.41, 5.74) is 0.706. The summed E-state index contributed by atoms with van der Waals surface area (Å²) in [5, 5.41) is 13.8. The van der Waals surface area contributed by atoms with E-state index in [2.05, 4.69) is 18.3 Å². The van der Waals surface area contributed by atoms with Crippen molar-refractivity contribution in [3.63, 3.8) is 0 Å². The molecule has 0 aromatic heterocycles. The summed E-state index contributed by atoms with van der Waals surface area (Å²) >= 11 is 0. The normalized spacial score (nSPS) is 18.5. The minimum absolute atomic E-state index is 0.313. The van der Waals surface area contributed by atoms with Gasteiger partial charge in [-0.3, -0.25) is 0 Å². The second kappa shape index (κ2) is 7.14. The average molecular weight is 293 g/mol. The molecule has 118 valence electrons. The van der Waals surface area contributed by atoms with Crippen LogP contribution in [0.2, 0.25) is 0 Å². The molecule has 0 aliphatic heterocycles. The molecule has 21 heavy (non-hydrogen) atoms. The Morgan fingerprint density at radius 1 is 1.19 bits per heavy atom. The van der Waals surface area contributed by atoms with Crippen molar-refractivity contribution in [2.75, 3.05) is 20.8 Å². The van der Waals surface area contributed by atoms with Gasteiger partial charge in [0.2, 0.25) is 0 Å². The van der Waals surface area contributed by atoms with Crippen molar-refractivity contribution in [3.8, 4) is 11.5 Å². The first-order valence-electron chi connectivity index (χ1n) is 7.73. The SMILES string of the molecule is COc1ccc(CC(C)NCC2(O)CCCC2)cc1OC. The number of methoxy groups -OCH3 is 2. The van der Waals surface area contributed by atoms with Crippen molar-refractivity contribution in [2.24, 2.45) is 0 Å². The van der Waals surface area contributed by atoms with Crippen molar-refractivity contribution < 1.29 is 14.6 Å². The van der Waals surface area contributed by atoms with Crippen LogP contribution in [0, 0.1) is 0 Å². The number of ether oxygens (including phenoxy) is 2. The van der Waals surface area contributed by atoms with Gasteiger partial charge in [0.1, 0.15) is 0 Å². The van der Waals surface area contributed by atoms with E-state index in [-0.39, 0.29) is 0 Å². The number of benzene rings is 1. The van der Waals surface area contributed by atoms with Gasteiger partial charge in [-0.2, -0.15) is 0 Å². The fourth-order valence-corrected chi connectivity index (χ4v) is 3.01. The van der Waals surface area contributed by atoms with E-state index < -0.39 is 5.60 Å². The lowest BCUT2D eigenvalue weighted by atomic mass is 10.0. The Bertz CT molecular complexity index is 455. The van der Waals surface area contributed by atoms with Crippen LogP contribution in [0.25, 0.3) is 0 Å². The maximum absolute atomic E-state index is 10.4. The predicted molar refractivity (Wildman–Crippen MR) is 84.1 cm³/mol. The molecule has 1 aliphatic rings. The van der Waals surface area contributed by atoms with Crippen molar-refractivity contribution in [1.29, 1.82) is 0 Å². The van der Waals surface area contributed by atoms with Crippen LogP contribution >= 0.6 is 0 Å². The minimum atomic E-state index is -0.494. The van der Waals surface area contributed by atoms with Gasteiger partial charge in [0.15, 0.2) is 11.5 Å². The molecule has 1 fully saturated rings. The van der Waals surface area contributed by atoms with Crippen LogP contribution in [0.1, 0.15) is 38.2 Å². The highest BCUT2D eigenvalue weighted by Gasteiger charge is 2.30. The van der Waals surface area contributed by atoms with Crippen LogP contribution in [0.15, 0.2) is 18.2 Å². The second-order valence-corrected chi connectivity index (χ2v) is 6.11. The average Bonchev–Trinajstić information content (AvgIpc) is 2.92. The molecule has 1 unspecified atom stereocenters. The van der Waals surface area contributed by atoms with E-state index in [4.69, 9.17) is 9.47 Å². The van der Waals surface area contributed by atoms with Gasteiger partial charge in [-0.1, -0.05) is 18.9 Å². The molecular weight excluding hydrogens is 266 g/mol. The van der Waals surface area contributed by atoms with Gasteiger partial charge >= 0.3 is 0 Å². The van der Waals surface area contributed by atoms with E-state index in [0.717, 1.165) is 43.6 Å². The van der Waals surface area contributed by atoms with E-state index in [0.29, 0.717) is 12.6 Å². The fourth-order valence-electron chi connectivity index (χ4n) is 3.01. The lowest BCUT2D eigenvalue weighted by Crippen LogP contribution is -2.42. The highest BCUT2D eigenvalue weighted by atomic mass is 16.5. The summed E-state index contributed by atoms with van der Waals surface area (Å²) in [7, 11) is 3.29. The number of hydrogen-bond acceptors (Lipinski definition) is 4. The molecule has 4 heteroatoms. The van der Waals surface area contributed by atoms with Gasteiger partial charge in [-0.05, 0) is 43.9 Å². The third-order valence-corrected chi connectivity index (χ3v) is 4.30. The Labute approximate surface area is 127 Å². The van der Waals surface area contributed by atoms with Crippen LogP contribution < -0.4 is 14.8 Å². The van der Waals surface area contributed by atoms with E-state index >= 15 is 0 Å². The minimum Gasteiger partial charge on any atom is -0.493 e. The van der Waals surface area contributed by atoms with Crippen LogP contribution in [0.4, 0.5) is 0 Å². The summed E-state index contributed by atoms with van der Waals surface area (Å²) in [4.78, 5) is 0. The van der Waals surface area contributed by atoms with Crippen molar-refractivity contribution in [2.45, 2.75) is 50.7 Å². The standard InChI is InChI=1S/C17H27NO3/c1-13(18-12-17(19)8-4-5-9-17)10-14-6-7-15(20-2)16(11-14)21-3/h6-7,11,13,18-19H,4-5,8-10,12H2,1-3H3. The zero-order chi connectivity index (χ0) is 15.3. The van der Waals surface area contributed by atoms with Crippen LogP contribution in [0.5, 0.6) is 11.5 Å². The Morgan fingerprint density at radius 3 is 2.48 bits per heavy atom. The molecule has 1 saturated carbocycles. The first-order valence-corrected chi connectivity index (χ1v) is 7.73. The van der Waals surface area contributed by atoms with Gasteiger partial charge in [-0.15, -0.1) is 0 Å². The summed E-state index contributed by atoms with van der Waals surface area (Å²) in [6.07, 6.45) is 5.02. The lowest BCUT2D eigenvalue weighted by molar-refractivity contribution is 0.0454. The first-order chi connectivity index (χ1) is 10.1. The summed E-state index contributed by atoms with van der Waals surface area (Å²) in [5.74, 6) is 1.51. The van der Waals surface area contributed by atoms with Crippen molar-refractivity contribution in [3.05, 3.63) is 23.8 Å². The molecule has 0 spiro atoms. The van der Waals surface area contributed by atoms with Crippen LogP contribution in [-0.2, 0) is 6.42 Å². The molecule has 2 N–H and O–H groups in total. The number of hydrogen-bond donors (Lipinski definition) is 2. The zero-order valence-corrected chi connectivity index (χ0v) is 13.3. The monoisotopic (exact) mass is 293 g/mol. The van der Waals surface area contributed by atoms with Crippen molar-refractivity contribution in [1.82, 2.24) is 5.32 Å². The summed E-state index contributed by atoms with van der Waals surface area (Å²) < 4.78 is 10.6. The Kier molecular flexibility index (Phi) is 5.48. The van der Waals surface area contributed by atoms with Crippen molar-refractivity contribution >= 4 is 0 Å². The van der Waals surface area contributed by atoms with Gasteiger partial charge in [0.25, 0.3) is 0 Å². The molecule has 4 nitrogen and oxygen atoms in total. The molecule has 1 aromatic carbocycles. The first kappa shape index (κ1) is 16.1. The van der Waals surface area contributed by atoms with Crippen LogP contribution in [-0.4, -0.2) is 37.5 Å². The third kappa shape index (κ3) is 4.35. The quantitative estimate of drug-likeness (QED) is 0.811. The molecule has 0 bridgehead atoms. The van der Waals surface area contributed by atoms with Gasteiger partial charge < -0.3 is 19.9 Å². The molecular formula is C17H27NO3. The van der Waals surface area contributed by atoms with Gasteiger partial charge in [0.05, 0.1) is 19.8 Å².